The molecule has 0 amide bonds. The van der Waals surface area contributed by atoms with E-state index in [-0.39, 0.29) is 0 Å². The lowest BCUT2D eigenvalue weighted by Crippen LogP contribution is -2.13. The maximum Gasteiger partial charge on any atom is 0.206 e. The van der Waals surface area contributed by atoms with Crippen molar-refractivity contribution in [2.24, 2.45) is 0 Å². The molecular formula is C15H21Br3O6. The molecule has 0 saturated carbocycles. The molecule has 0 saturated heterocycles. The van der Waals surface area contributed by atoms with Crippen LogP contribution >= 0.6 is 47.8 Å². The van der Waals surface area contributed by atoms with E-state index >= 15 is 0 Å². The van der Waals surface area contributed by atoms with Crippen LogP contribution in [0.1, 0.15) is 0 Å². The fourth-order valence-corrected chi connectivity index (χ4v) is 3.47. The Balaban J connectivity index is 2.53. The van der Waals surface area contributed by atoms with Gasteiger partial charge in [0.2, 0.25) is 5.75 Å². The first-order valence-corrected chi connectivity index (χ1v) is 9.52. The number of rotatable bonds is 12. The van der Waals surface area contributed by atoms with Gasteiger partial charge in [-0.1, -0.05) is 0 Å². The van der Waals surface area contributed by atoms with E-state index in [1.807, 2.05) is 0 Å². The summed E-state index contributed by atoms with van der Waals surface area (Å²) in [7, 11) is 4.78. The van der Waals surface area contributed by atoms with Crippen molar-refractivity contribution in [1.82, 2.24) is 0 Å². The highest BCUT2D eigenvalue weighted by molar-refractivity contribution is 9.14. The van der Waals surface area contributed by atoms with Crippen molar-refractivity contribution in [3.8, 4) is 17.2 Å². The maximum atomic E-state index is 5.80. The van der Waals surface area contributed by atoms with E-state index in [0.717, 1.165) is 13.4 Å². The van der Waals surface area contributed by atoms with Gasteiger partial charge >= 0.3 is 0 Å². The zero-order chi connectivity index (χ0) is 17.9. The third-order valence-corrected chi connectivity index (χ3v) is 6.25. The molecule has 0 aromatic heterocycles. The quantitative estimate of drug-likeness (QED) is 0.297. The van der Waals surface area contributed by atoms with Crippen LogP contribution < -0.4 is 14.2 Å². The van der Waals surface area contributed by atoms with Crippen molar-refractivity contribution in [2.75, 3.05) is 61.0 Å². The van der Waals surface area contributed by atoms with Gasteiger partial charge in [-0.05, 0) is 47.8 Å². The molecule has 0 unspecified atom stereocenters. The van der Waals surface area contributed by atoms with Gasteiger partial charge in [0.1, 0.15) is 6.61 Å². The van der Waals surface area contributed by atoms with E-state index in [2.05, 4.69) is 47.8 Å². The van der Waals surface area contributed by atoms with Gasteiger partial charge in [0.25, 0.3) is 0 Å². The Hall–Kier alpha value is -0.0600. The molecule has 0 heterocycles. The lowest BCUT2D eigenvalue weighted by Gasteiger charge is -2.18. The molecule has 0 N–H and O–H groups in total. The number of hydrogen-bond donors (Lipinski definition) is 0. The highest BCUT2D eigenvalue weighted by Crippen LogP contribution is 2.52. The zero-order valence-electron chi connectivity index (χ0n) is 13.8. The Morgan fingerprint density at radius 2 is 1.04 bits per heavy atom. The topological polar surface area (TPSA) is 55.4 Å². The van der Waals surface area contributed by atoms with Crippen molar-refractivity contribution in [1.29, 1.82) is 0 Å². The number of methoxy groups -OCH3 is 3. The summed E-state index contributed by atoms with van der Waals surface area (Å²) < 4.78 is 34.5. The SMILES string of the molecule is COCCOCCOCCOc1c(OC)c(Br)c(Br)c(Br)c1OC. The molecular weight excluding hydrogens is 516 g/mol. The van der Waals surface area contributed by atoms with E-state index in [4.69, 9.17) is 28.4 Å². The first kappa shape index (κ1) is 22.0. The predicted octanol–water partition coefficient (Wildman–Crippen LogP) is 4.05. The molecule has 0 atom stereocenters. The molecule has 0 aliphatic rings. The minimum Gasteiger partial charge on any atom is -0.492 e. The summed E-state index contributed by atoms with van der Waals surface area (Å²) in [6.45, 7) is 2.93. The molecule has 24 heavy (non-hydrogen) atoms. The van der Waals surface area contributed by atoms with Crippen LogP contribution in [0.15, 0.2) is 13.4 Å². The van der Waals surface area contributed by atoms with E-state index in [1.54, 1.807) is 21.3 Å². The van der Waals surface area contributed by atoms with Gasteiger partial charge in [0, 0.05) is 7.11 Å². The van der Waals surface area contributed by atoms with Gasteiger partial charge in [-0.25, -0.2) is 0 Å². The highest BCUT2D eigenvalue weighted by Gasteiger charge is 2.23. The van der Waals surface area contributed by atoms with Crippen LogP contribution in [0, 0.1) is 0 Å². The van der Waals surface area contributed by atoms with E-state index in [1.165, 1.54) is 0 Å². The molecule has 0 aliphatic heterocycles. The minimum atomic E-state index is 0.352. The lowest BCUT2D eigenvalue weighted by atomic mass is 10.3. The first-order valence-electron chi connectivity index (χ1n) is 7.14. The van der Waals surface area contributed by atoms with Crippen LogP contribution in [-0.2, 0) is 14.2 Å². The van der Waals surface area contributed by atoms with Crippen molar-refractivity contribution >= 4 is 47.8 Å². The standard InChI is InChI=1S/C15H21Br3O6/c1-19-4-5-22-6-7-23-8-9-24-15-13(20-2)11(17)10(16)12(18)14(15)21-3/h4-9H2,1-3H3. The van der Waals surface area contributed by atoms with E-state index < -0.39 is 0 Å². The van der Waals surface area contributed by atoms with Crippen molar-refractivity contribution in [2.45, 2.75) is 0 Å². The van der Waals surface area contributed by atoms with Crippen molar-refractivity contribution in [3.63, 3.8) is 0 Å². The summed E-state index contributed by atoms with van der Waals surface area (Å²) in [5.74, 6) is 1.59. The van der Waals surface area contributed by atoms with Gasteiger partial charge in [-0.15, -0.1) is 0 Å². The number of halogens is 3. The van der Waals surface area contributed by atoms with Crippen LogP contribution in [0.4, 0.5) is 0 Å². The molecule has 0 spiro atoms. The third-order valence-electron chi connectivity index (χ3n) is 2.88. The second-order valence-corrected chi connectivity index (χ2v) is 6.78. The molecule has 0 radical (unpaired) electrons. The highest BCUT2D eigenvalue weighted by atomic mass is 79.9. The Morgan fingerprint density at radius 1 is 0.583 bits per heavy atom. The Bertz CT molecular complexity index is 481. The average Bonchev–Trinajstić information content (AvgIpc) is 2.59. The molecule has 1 aromatic carbocycles. The van der Waals surface area contributed by atoms with Crippen LogP contribution in [0.2, 0.25) is 0 Å². The van der Waals surface area contributed by atoms with Gasteiger partial charge in [0.05, 0.1) is 60.7 Å². The summed E-state index contributed by atoms with van der Waals surface area (Å²) in [5, 5.41) is 0. The molecule has 0 fully saturated rings. The monoisotopic (exact) mass is 534 g/mol. The molecule has 1 aromatic rings. The van der Waals surface area contributed by atoms with Crippen molar-refractivity contribution in [3.05, 3.63) is 13.4 Å². The molecule has 138 valence electrons. The van der Waals surface area contributed by atoms with E-state index in [9.17, 15) is 0 Å². The van der Waals surface area contributed by atoms with Crippen LogP contribution in [0.3, 0.4) is 0 Å². The summed E-state index contributed by atoms with van der Waals surface area (Å²) in [6, 6.07) is 0. The second-order valence-electron chi connectivity index (χ2n) is 4.40. The molecule has 1 rings (SSSR count). The molecule has 6 nitrogen and oxygen atoms in total. The largest absolute Gasteiger partial charge is 0.492 e. The third kappa shape index (κ3) is 6.34. The average molecular weight is 537 g/mol. The summed E-state index contributed by atoms with van der Waals surface area (Å²) in [5.41, 5.74) is 0. The van der Waals surface area contributed by atoms with Crippen LogP contribution in [0.5, 0.6) is 17.2 Å². The van der Waals surface area contributed by atoms with Gasteiger partial charge in [0.15, 0.2) is 11.5 Å². The first-order chi connectivity index (χ1) is 11.6. The Kier molecular flexibility index (Phi) is 11.3. The predicted molar refractivity (Wildman–Crippen MR) is 102 cm³/mol. The summed E-state index contributed by atoms with van der Waals surface area (Å²) >= 11 is 10.4. The Labute approximate surface area is 167 Å². The summed E-state index contributed by atoms with van der Waals surface area (Å²) in [4.78, 5) is 0. The maximum absolute atomic E-state index is 5.80. The van der Waals surface area contributed by atoms with E-state index in [0.29, 0.717) is 56.9 Å². The van der Waals surface area contributed by atoms with Gasteiger partial charge in [-0.3, -0.25) is 0 Å². The summed E-state index contributed by atoms with van der Waals surface area (Å²) in [6.07, 6.45) is 0. The number of benzene rings is 1. The fraction of sp³-hybridized carbons (Fsp3) is 0.600. The number of ether oxygens (including phenoxy) is 6. The second kappa shape index (κ2) is 12.3. The van der Waals surface area contributed by atoms with Crippen LogP contribution in [0.25, 0.3) is 0 Å². The van der Waals surface area contributed by atoms with Gasteiger partial charge in [-0.2, -0.15) is 0 Å². The number of hydrogen-bond acceptors (Lipinski definition) is 6. The smallest absolute Gasteiger partial charge is 0.206 e. The van der Waals surface area contributed by atoms with Crippen molar-refractivity contribution < 1.29 is 28.4 Å². The Morgan fingerprint density at radius 3 is 1.50 bits per heavy atom. The molecule has 0 aliphatic carbocycles. The van der Waals surface area contributed by atoms with Gasteiger partial charge < -0.3 is 28.4 Å². The van der Waals surface area contributed by atoms with Crippen LogP contribution in [-0.4, -0.2) is 61.0 Å². The molecule has 9 heteroatoms. The fourth-order valence-electron chi connectivity index (χ4n) is 1.76. The lowest BCUT2D eigenvalue weighted by molar-refractivity contribution is 0.0176. The normalized spacial score (nSPS) is 10.8. The minimum absolute atomic E-state index is 0.352. The molecule has 0 bridgehead atoms. The zero-order valence-corrected chi connectivity index (χ0v) is 18.6.